The molecule has 27 heavy (non-hydrogen) atoms. The zero-order chi connectivity index (χ0) is 19.4. The van der Waals surface area contributed by atoms with Crippen molar-refractivity contribution in [1.82, 2.24) is 14.7 Å². The number of rotatable bonds is 6. The van der Waals surface area contributed by atoms with Crippen molar-refractivity contribution in [2.75, 3.05) is 14.1 Å². The number of benzene rings is 1. The van der Waals surface area contributed by atoms with Gasteiger partial charge in [-0.3, -0.25) is 9.48 Å². The number of ether oxygens (including phenoxy) is 1. The van der Waals surface area contributed by atoms with Gasteiger partial charge in [-0.1, -0.05) is 36.4 Å². The third kappa shape index (κ3) is 4.43. The van der Waals surface area contributed by atoms with Gasteiger partial charge in [0.1, 0.15) is 11.3 Å². The predicted octanol–water partition coefficient (Wildman–Crippen LogP) is 3.29. The van der Waals surface area contributed by atoms with Gasteiger partial charge in [-0.05, 0) is 23.9 Å². The smallest absolute Gasteiger partial charge is 0.342 e. The molecule has 0 bridgehead atoms. The van der Waals surface area contributed by atoms with Crippen LogP contribution in [0.1, 0.15) is 22.8 Å². The van der Waals surface area contributed by atoms with Gasteiger partial charge < -0.3 is 9.64 Å². The molecule has 0 N–H and O–H groups in total. The number of hydrogen-bond acceptors (Lipinski definition) is 5. The first kappa shape index (κ1) is 18.8. The maximum absolute atomic E-state index is 12.7. The van der Waals surface area contributed by atoms with Gasteiger partial charge >= 0.3 is 5.97 Å². The summed E-state index contributed by atoms with van der Waals surface area (Å²) >= 11 is 1.50. The molecule has 1 aromatic carbocycles. The minimum absolute atomic E-state index is 0.266. The quantitative estimate of drug-likeness (QED) is 0.613. The molecule has 0 fully saturated rings. The molecule has 0 unspecified atom stereocenters. The number of likely N-dealkylation sites (N-methyl/N-ethyl adjacent to an activating group) is 1. The van der Waals surface area contributed by atoms with Crippen LogP contribution in [0.3, 0.4) is 0 Å². The average Bonchev–Trinajstić information content (AvgIpc) is 3.31. The Hall–Kier alpha value is -2.93. The van der Waals surface area contributed by atoms with Crippen LogP contribution in [0.4, 0.5) is 0 Å². The second-order valence-electron chi connectivity index (χ2n) is 6.33. The second-order valence-corrected chi connectivity index (χ2v) is 7.28. The van der Waals surface area contributed by atoms with Crippen LogP contribution < -0.4 is 0 Å². The number of carbonyl (C=O) groups excluding carboxylic acids is 2. The van der Waals surface area contributed by atoms with Crippen LogP contribution in [0.2, 0.25) is 0 Å². The van der Waals surface area contributed by atoms with Gasteiger partial charge in [-0.2, -0.15) is 5.10 Å². The molecule has 140 valence electrons. The van der Waals surface area contributed by atoms with Gasteiger partial charge in [0.15, 0.2) is 6.10 Å². The van der Waals surface area contributed by atoms with Gasteiger partial charge in [0, 0.05) is 20.3 Å². The third-order valence-electron chi connectivity index (χ3n) is 4.00. The highest BCUT2D eigenvalue weighted by Crippen LogP contribution is 2.27. The maximum atomic E-state index is 12.7. The lowest BCUT2D eigenvalue weighted by atomic mass is 10.2. The van der Waals surface area contributed by atoms with Gasteiger partial charge in [-0.25, -0.2) is 4.79 Å². The molecule has 0 aliphatic heterocycles. The summed E-state index contributed by atoms with van der Waals surface area (Å²) in [5.41, 5.74) is 2.00. The summed E-state index contributed by atoms with van der Waals surface area (Å²) in [6.45, 7) is 2.11. The SMILES string of the molecule is C[C@H](OC(=O)c1cn(Cc2ccccc2)nc1-c1cccs1)C(=O)N(C)C. The summed E-state index contributed by atoms with van der Waals surface area (Å²) in [6, 6.07) is 13.7. The standard InChI is InChI=1S/C20H21N3O3S/c1-14(19(24)22(2)3)26-20(25)16-13-23(12-15-8-5-4-6-9-15)21-18(16)17-10-7-11-27-17/h4-11,13-14H,12H2,1-3H3/t14-/m0/s1. The summed E-state index contributed by atoms with van der Waals surface area (Å²) in [4.78, 5) is 27.0. The van der Waals surface area contributed by atoms with Crippen molar-refractivity contribution in [1.29, 1.82) is 0 Å². The Kier molecular flexibility index (Phi) is 5.71. The minimum atomic E-state index is -0.860. The lowest BCUT2D eigenvalue weighted by molar-refractivity contribution is -0.137. The van der Waals surface area contributed by atoms with Crippen LogP contribution in [0.5, 0.6) is 0 Å². The molecule has 3 rings (SSSR count). The van der Waals surface area contributed by atoms with Crippen molar-refractivity contribution in [3.63, 3.8) is 0 Å². The minimum Gasteiger partial charge on any atom is -0.449 e. The Balaban J connectivity index is 1.88. The van der Waals surface area contributed by atoms with Crippen LogP contribution >= 0.6 is 11.3 Å². The lowest BCUT2D eigenvalue weighted by Gasteiger charge is -2.17. The van der Waals surface area contributed by atoms with Crippen molar-refractivity contribution in [2.24, 2.45) is 0 Å². The number of aromatic nitrogens is 2. The van der Waals surface area contributed by atoms with E-state index in [-0.39, 0.29) is 5.91 Å². The zero-order valence-electron chi connectivity index (χ0n) is 15.5. The molecule has 0 aliphatic rings. The molecule has 0 radical (unpaired) electrons. The fourth-order valence-corrected chi connectivity index (χ4v) is 3.38. The van der Waals surface area contributed by atoms with Gasteiger partial charge in [0.2, 0.25) is 0 Å². The summed E-state index contributed by atoms with van der Waals surface area (Å²) < 4.78 is 7.10. The van der Waals surface area contributed by atoms with Crippen molar-refractivity contribution >= 4 is 23.2 Å². The molecule has 0 saturated heterocycles. The number of carbonyl (C=O) groups is 2. The Morgan fingerprint density at radius 1 is 1.19 bits per heavy atom. The first-order valence-corrected chi connectivity index (χ1v) is 9.41. The van der Waals surface area contributed by atoms with Crippen LogP contribution in [0, 0.1) is 0 Å². The van der Waals surface area contributed by atoms with Crippen LogP contribution in [-0.2, 0) is 16.1 Å². The highest BCUT2D eigenvalue weighted by atomic mass is 32.1. The van der Waals surface area contributed by atoms with E-state index in [9.17, 15) is 9.59 Å². The largest absolute Gasteiger partial charge is 0.449 e. The van der Waals surface area contributed by atoms with Crippen LogP contribution in [-0.4, -0.2) is 46.8 Å². The van der Waals surface area contributed by atoms with Gasteiger partial charge in [0.25, 0.3) is 5.91 Å². The number of esters is 1. The first-order valence-electron chi connectivity index (χ1n) is 8.53. The Morgan fingerprint density at radius 2 is 1.93 bits per heavy atom. The zero-order valence-corrected chi connectivity index (χ0v) is 16.3. The topological polar surface area (TPSA) is 64.4 Å². The van der Waals surface area contributed by atoms with Crippen molar-refractivity contribution in [2.45, 2.75) is 19.6 Å². The molecule has 1 amide bonds. The molecular formula is C20H21N3O3S. The van der Waals surface area contributed by atoms with E-state index in [4.69, 9.17) is 4.74 Å². The molecule has 0 aliphatic carbocycles. The summed E-state index contributed by atoms with van der Waals surface area (Å²) in [5.74, 6) is -0.821. The van der Waals surface area contributed by atoms with Gasteiger partial charge in [0.05, 0.1) is 11.4 Å². The molecule has 0 saturated carbocycles. The number of amides is 1. The molecule has 2 heterocycles. The van der Waals surface area contributed by atoms with E-state index >= 15 is 0 Å². The normalized spacial score (nSPS) is 11.8. The summed E-state index contributed by atoms with van der Waals surface area (Å²) in [7, 11) is 3.25. The molecule has 2 aromatic heterocycles. The van der Waals surface area contributed by atoms with E-state index in [0.717, 1.165) is 10.4 Å². The fraction of sp³-hybridized carbons (Fsp3) is 0.250. The molecule has 1 atom stereocenters. The van der Waals surface area contributed by atoms with E-state index in [2.05, 4.69) is 5.10 Å². The Bertz CT molecular complexity index is 917. The van der Waals surface area contributed by atoms with Gasteiger partial charge in [-0.15, -0.1) is 11.3 Å². The molecule has 0 spiro atoms. The first-order chi connectivity index (χ1) is 13.0. The van der Waals surface area contributed by atoms with Crippen LogP contribution in [0.25, 0.3) is 10.6 Å². The maximum Gasteiger partial charge on any atom is 0.342 e. The van der Waals surface area contributed by atoms with E-state index < -0.39 is 12.1 Å². The van der Waals surface area contributed by atoms with E-state index in [1.165, 1.54) is 16.2 Å². The van der Waals surface area contributed by atoms with Crippen molar-refractivity contribution in [3.05, 3.63) is 65.2 Å². The van der Waals surface area contributed by atoms with E-state index in [1.807, 2.05) is 47.8 Å². The van der Waals surface area contributed by atoms with E-state index in [1.54, 1.807) is 31.9 Å². The molecule has 3 aromatic rings. The molecular weight excluding hydrogens is 362 g/mol. The highest BCUT2D eigenvalue weighted by molar-refractivity contribution is 7.13. The molecule has 6 nitrogen and oxygen atoms in total. The number of thiophene rings is 1. The van der Waals surface area contributed by atoms with E-state index in [0.29, 0.717) is 17.8 Å². The Morgan fingerprint density at radius 3 is 2.56 bits per heavy atom. The van der Waals surface area contributed by atoms with Crippen molar-refractivity contribution in [3.8, 4) is 10.6 Å². The summed E-state index contributed by atoms with van der Waals surface area (Å²) in [5, 5.41) is 6.52. The Labute approximate surface area is 162 Å². The summed E-state index contributed by atoms with van der Waals surface area (Å²) in [6.07, 6.45) is 0.818. The third-order valence-corrected chi connectivity index (χ3v) is 4.87. The predicted molar refractivity (Wildman–Crippen MR) is 105 cm³/mol. The number of hydrogen-bond donors (Lipinski definition) is 0. The molecule has 7 heteroatoms. The highest BCUT2D eigenvalue weighted by Gasteiger charge is 2.25. The number of nitrogens with zero attached hydrogens (tertiary/aromatic N) is 3. The van der Waals surface area contributed by atoms with Crippen molar-refractivity contribution < 1.29 is 14.3 Å². The monoisotopic (exact) mass is 383 g/mol. The lowest BCUT2D eigenvalue weighted by Crippen LogP contribution is -2.34. The average molecular weight is 383 g/mol. The second kappa shape index (κ2) is 8.18. The fourth-order valence-electron chi connectivity index (χ4n) is 2.66. The van der Waals surface area contributed by atoms with Crippen LogP contribution in [0.15, 0.2) is 54.0 Å².